The third-order valence-corrected chi connectivity index (χ3v) is 6.01. The number of hydrogen-bond donors (Lipinski definition) is 0. The molecule has 1 aliphatic rings. The van der Waals surface area contributed by atoms with Crippen molar-refractivity contribution in [3.8, 4) is 0 Å². The molecule has 0 unspecified atom stereocenters. The fourth-order valence-corrected chi connectivity index (χ4v) is 3.76. The van der Waals surface area contributed by atoms with E-state index in [1.54, 1.807) is 0 Å². The minimum Gasteiger partial charge on any atom is -0.147 e. The van der Waals surface area contributed by atoms with Crippen LogP contribution in [0.3, 0.4) is 0 Å². The summed E-state index contributed by atoms with van der Waals surface area (Å²) in [5.74, 6) is -0.0710. The van der Waals surface area contributed by atoms with Gasteiger partial charge in [-0.2, -0.15) is 0 Å². The van der Waals surface area contributed by atoms with Crippen LogP contribution >= 0.6 is 24.8 Å². The van der Waals surface area contributed by atoms with E-state index in [-0.39, 0.29) is 36.2 Å². The molecule has 0 aromatic carbocycles. The Labute approximate surface area is 132 Å². The third kappa shape index (κ3) is 3.87. The van der Waals surface area contributed by atoms with Gasteiger partial charge in [-0.15, -0.1) is 24.8 Å². The van der Waals surface area contributed by atoms with E-state index in [9.17, 15) is 4.79 Å². The zero-order valence-corrected chi connectivity index (χ0v) is 15.0. The summed E-state index contributed by atoms with van der Waals surface area (Å²) in [6.07, 6.45) is 0.474. The predicted octanol–water partition coefficient (Wildman–Crippen LogP) is 4.43. The van der Waals surface area contributed by atoms with Crippen molar-refractivity contribution >= 4 is 30.8 Å². The van der Waals surface area contributed by atoms with E-state index in [1.807, 2.05) is 6.92 Å². The van der Waals surface area contributed by atoms with Gasteiger partial charge in [0.2, 0.25) is 0 Å². The van der Waals surface area contributed by atoms with Gasteiger partial charge in [-0.1, -0.05) is 0 Å². The van der Waals surface area contributed by atoms with Gasteiger partial charge in [0.05, 0.1) is 0 Å². The monoisotopic (exact) mass is 328 g/mol. The van der Waals surface area contributed by atoms with Crippen molar-refractivity contribution in [2.24, 2.45) is 5.41 Å². The Bertz CT molecular complexity index is 384. The first-order valence-corrected chi connectivity index (χ1v) is 7.09. The fourth-order valence-electron chi connectivity index (χ4n) is 1.98. The number of halogens is 2. The summed E-state index contributed by atoms with van der Waals surface area (Å²) in [7, 11) is 0. The SMILES string of the molecule is CCC(=O)[O][Ti][C]1=C(C)C(C)=C(C)C1(C)C.Cl.Cl. The maximum atomic E-state index is 11.2. The Kier molecular flexibility index (Phi) is 8.84. The normalized spacial score (nSPS) is 17.0. The summed E-state index contributed by atoms with van der Waals surface area (Å²) in [6.45, 7) is 12.8. The fraction of sp³-hybridized carbons (Fsp3) is 0.615. The van der Waals surface area contributed by atoms with Crippen molar-refractivity contribution < 1.29 is 27.7 Å². The number of rotatable bonds is 3. The Balaban J connectivity index is 0. The quantitative estimate of drug-likeness (QED) is 0.716. The van der Waals surface area contributed by atoms with E-state index in [0.29, 0.717) is 6.42 Å². The largest absolute Gasteiger partial charge is 0.147 e. The molecule has 0 N–H and O–H groups in total. The second-order valence-electron chi connectivity index (χ2n) is 4.80. The molecule has 1 aliphatic carbocycles. The Morgan fingerprint density at radius 3 is 2.00 bits per heavy atom. The molecule has 0 aromatic rings. The van der Waals surface area contributed by atoms with Crippen LogP contribution in [-0.4, -0.2) is 5.97 Å². The van der Waals surface area contributed by atoms with E-state index in [1.165, 1.54) is 20.6 Å². The summed E-state index contributed by atoms with van der Waals surface area (Å²) in [6, 6.07) is 0. The molecule has 0 aliphatic heterocycles. The van der Waals surface area contributed by atoms with Gasteiger partial charge < -0.3 is 0 Å². The Hall–Kier alpha value is 0.244. The van der Waals surface area contributed by atoms with Crippen LogP contribution in [0.1, 0.15) is 48.0 Å². The molecule has 0 atom stereocenters. The molecule has 18 heavy (non-hydrogen) atoms. The van der Waals surface area contributed by atoms with Crippen molar-refractivity contribution in [3.05, 3.63) is 20.6 Å². The summed E-state index contributed by atoms with van der Waals surface area (Å²) < 4.78 is 6.74. The molecule has 0 saturated heterocycles. The van der Waals surface area contributed by atoms with E-state index in [4.69, 9.17) is 3.32 Å². The zero-order valence-electron chi connectivity index (χ0n) is 11.8. The minimum atomic E-state index is -0.765. The molecule has 1 rings (SSSR count). The molecule has 0 heterocycles. The van der Waals surface area contributed by atoms with Gasteiger partial charge in [-0.25, -0.2) is 0 Å². The van der Waals surface area contributed by atoms with Gasteiger partial charge in [0, 0.05) is 0 Å². The second kappa shape index (κ2) is 7.74. The minimum absolute atomic E-state index is 0. The van der Waals surface area contributed by atoms with Gasteiger partial charge in [-0.3, -0.25) is 0 Å². The number of carbonyl (C=O) groups is 1. The first kappa shape index (κ1) is 20.6. The van der Waals surface area contributed by atoms with Gasteiger partial charge >= 0.3 is 108 Å². The van der Waals surface area contributed by atoms with Gasteiger partial charge in [0.15, 0.2) is 0 Å². The molecule has 0 radical (unpaired) electrons. The molecule has 0 saturated carbocycles. The van der Waals surface area contributed by atoms with Crippen molar-refractivity contribution in [2.45, 2.75) is 48.0 Å². The van der Waals surface area contributed by atoms with Crippen molar-refractivity contribution in [1.82, 2.24) is 0 Å². The van der Waals surface area contributed by atoms with Crippen LogP contribution in [0, 0.1) is 5.41 Å². The Morgan fingerprint density at radius 2 is 1.67 bits per heavy atom. The maximum absolute atomic E-state index is 11.2. The van der Waals surface area contributed by atoms with Crippen LogP contribution in [0.2, 0.25) is 0 Å². The first-order chi connectivity index (χ1) is 7.32. The van der Waals surface area contributed by atoms with E-state index < -0.39 is 19.5 Å². The van der Waals surface area contributed by atoms with Gasteiger partial charge in [0.1, 0.15) is 0 Å². The van der Waals surface area contributed by atoms with Crippen molar-refractivity contribution in [3.63, 3.8) is 0 Å². The molecule has 0 bridgehead atoms. The topological polar surface area (TPSA) is 26.3 Å². The summed E-state index contributed by atoms with van der Waals surface area (Å²) >= 11 is -0.765. The first-order valence-electron chi connectivity index (χ1n) is 5.67. The summed E-state index contributed by atoms with van der Waals surface area (Å²) in [4.78, 5) is 11.2. The molecule has 5 heteroatoms. The van der Waals surface area contributed by atoms with Gasteiger partial charge in [0.25, 0.3) is 0 Å². The summed E-state index contributed by atoms with van der Waals surface area (Å²) in [5, 5.41) is 0. The second-order valence-corrected chi connectivity index (χ2v) is 6.22. The van der Waals surface area contributed by atoms with Crippen LogP contribution in [0.5, 0.6) is 0 Å². The third-order valence-electron chi connectivity index (χ3n) is 3.62. The smallest absolute Gasteiger partial charge is 0.147 e. The van der Waals surface area contributed by atoms with Gasteiger partial charge in [-0.05, 0) is 0 Å². The van der Waals surface area contributed by atoms with Crippen molar-refractivity contribution in [1.29, 1.82) is 0 Å². The number of carbonyl (C=O) groups excluding carboxylic acids is 1. The van der Waals surface area contributed by atoms with Crippen LogP contribution in [0.15, 0.2) is 20.6 Å². The molecular formula is C13H22Cl2O2Ti. The van der Waals surface area contributed by atoms with E-state index in [0.717, 1.165) is 0 Å². The van der Waals surface area contributed by atoms with Crippen LogP contribution < -0.4 is 0 Å². The van der Waals surface area contributed by atoms with E-state index >= 15 is 0 Å². The average molecular weight is 329 g/mol. The molecular weight excluding hydrogens is 307 g/mol. The molecule has 0 spiro atoms. The Morgan fingerprint density at radius 1 is 1.17 bits per heavy atom. The molecule has 0 fully saturated rings. The number of allylic oxidation sites excluding steroid dienone is 4. The maximum Gasteiger partial charge on any atom is -0.147 e. The molecule has 0 amide bonds. The number of hydrogen-bond acceptors (Lipinski definition) is 2. The zero-order chi connectivity index (χ0) is 12.5. The van der Waals surface area contributed by atoms with Crippen LogP contribution in [-0.2, 0) is 27.7 Å². The van der Waals surface area contributed by atoms with Crippen LogP contribution in [0.25, 0.3) is 0 Å². The van der Waals surface area contributed by atoms with Crippen LogP contribution in [0.4, 0.5) is 0 Å². The van der Waals surface area contributed by atoms with Crippen molar-refractivity contribution in [2.75, 3.05) is 0 Å². The van der Waals surface area contributed by atoms with E-state index in [2.05, 4.69) is 34.6 Å². The molecule has 0 aromatic heterocycles. The predicted molar refractivity (Wildman–Crippen MR) is 75.7 cm³/mol. The standard InChI is InChI=1S/C10H15.C3H6O2.2ClH.Ti/c1-7-6-10(4,5)9(3)8(7)2;1-2-3(4)5;;;/h1-5H3;2H2,1H3,(H,4,5);2*1H;/q;;;;+1/p-1. The molecule has 2 nitrogen and oxygen atoms in total. The summed E-state index contributed by atoms with van der Waals surface area (Å²) in [5.41, 5.74) is 4.21. The molecule has 104 valence electrons. The average Bonchev–Trinajstić information content (AvgIpc) is 2.38.